The molecule has 2 rings (SSSR count). The summed E-state index contributed by atoms with van der Waals surface area (Å²) >= 11 is 7.84. The fourth-order valence-electron chi connectivity index (χ4n) is 1.33. The zero-order chi connectivity index (χ0) is 11.7. The molecule has 0 aliphatic rings. The van der Waals surface area contributed by atoms with Crippen LogP contribution in [0.3, 0.4) is 0 Å². The maximum absolute atomic E-state index is 13.6. The van der Waals surface area contributed by atoms with E-state index in [1.54, 1.807) is 0 Å². The standard InChI is InChI=1S/C11H6Br2F2S/c12-8-4-9(14)7(3-10(8)15)11(13)6-1-2-16-5-6/h1-5,11H. The van der Waals surface area contributed by atoms with Crippen LogP contribution in [0.25, 0.3) is 0 Å². The average Bonchev–Trinajstić information content (AvgIpc) is 2.75. The molecule has 0 radical (unpaired) electrons. The van der Waals surface area contributed by atoms with E-state index in [1.165, 1.54) is 17.4 Å². The molecule has 2 aromatic rings. The SMILES string of the molecule is Fc1cc(C(Br)c2ccsc2)c(F)cc1Br. The zero-order valence-corrected chi connectivity index (χ0v) is 11.9. The maximum atomic E-state index is 13.6. The van der Waals surface area contributed by atoms with E-state index in [4.69, 9.17) is 0 Å². The van der Waals surface area contributed by atoms with Crippen molar-refractivity contribution in [1.29, 1.82) is 0 Å². The molecule has 0 bridgehead atoms. The molecule has 1 atom stereocenters. The van der Waals surface area contributed by atoms with Crippen LogP contribution in [-0.2, 0) is 0 Å². The van der Waals surface area contributed by atoms with Crippen molar-refractivity contribution in [3.63, 3.8) is 0 Å². The third kappa shape index (κ3) is 2.36. The molecule has 0 spiro atoms. The second-order valence-corrected chi connectivity index (χ2v) is 5.76. The molecule has 84 valence electrons. The number of hydrogen-bond acceptors (Lipinski definition) is 1. The van der Waals surface area contributed by atoms with E-state index < -0.39 is 11.6 Å². The lowest BCUT2D eigenvalue weighted by molar-refractivity contribution is 0.583. The van der Waals surface area contributed by atoms with Crippen LogP contribution in [0.2, 0.25) is 0 Å². The van der Waals surface area contributed by atoms with Crippen molar-refractivity contribution < 1.29 is 8.78 Å². The molecular formula is C11H6Br2F2S. The minimum absolute atomic E-state index is 0.138. The predicted octanol–water partition coefficient (Wildman–Crippen LogP) is 5.27. The Kier molecular flexibility index (Phi) is 3.77. The first kappa shape index (κ1) is 12.2. The Morgan fingerprint density at radius 3 is 2.56 bits per heavy atom. The van der Waals surface area contributed by atoms with Crippen LogP contribution in [0, 0.1) is 11.6 Å². The van der Waals surface area contributed by atoms with Gasteiger partial charge in [-0.3, -0.25) is 0 Å². The van der Waals surface area contributed by atoms with Gasteiger partial charge in [0.1, 0.15) is 11.6 Å². The summed E-state index contributed by atoms with van der Waals surface area (Å²) in [4.78, 5) is -0.318. The Bertz CT molecular complexity index is 497. The minimum Gasteiger partial charge on any atom is -0.207 e. The zero-order valence-electron chi connectivity index (χ0n) is 7.88. The lowest BCUT2D eigenvalue weighted by Gasteiger charge is -2.10. The van der Waals surface area contributed by atoms with Crippen LogP contribution in [0.5, 0.6) is 0 Å². The van der Waals surface area contributed by atoms with Gasteiger partial charge in [-0.2, -0.15) is 11.3 Å². The maximum Gasteiger partial charge on any atom is 0.137 e. The molecule has 0 nitrogen and oxygen atoms in total. The summed E-state index contributed by atoms with van der Waals surface area (Å²) < 4.78 is 27.1. The molecule has 1 heterocycles. The first-order valence-corrected chi connectivity index (χ1v) is 7.05. The van der Waals surface area contributed by atoms with Gasteiger partial charge in [0.25, 0.3) is 0 Å². The van der Waals surface area contributed by atoms with Gasteiger partial charge in [0.2, 0.25) is 0 Å². The fraction of sp³-hybridized carbons (Fsp3) is 0.0909. The molecule has 0 saturated carbocycles. The monoisotopic (exact) mass is 366 g/mol. The van der Waals surface area contributed by atoms with Gasteiger partial charge < -0.3 is 0 Å². The molecule has 1 aromatic carbocycles. The summed E-state index contributed by atoms with van der Waals surface area (Å²) in [6, 6.07) is 4.23. The van der Waals surface area contributed by atoms with Crippen LogP contribution in [0.1, 0.15) is 16.0 Å². The van der Waals surface area contributed by atoms with E-state index >= 15 is 0 Å². The van der Waals surface area contributed by atoms with Crippen LogP contribution >= 0.6 is 43.2 Å². The molecule has 0 saturated heterocycles. The van der Waals surface area contributed by atoms with Crippen molar-refractivity contribution in [2.24, 2.45) is 0 Å². The molecule has 1 unspecified atom stereocenters. The molecule has 1 aromatic heterocycles. The van der Waals surface area contributed by atoms with Crippen LogP contribution in [0.15, 0.2) is 33.4 Å². The van der Waals surface area contributed by atoms with Crippen molar-refractivity contribution in [1.82, 2.24) is 0 Å². The number of halogens is 4. The van der Waals surface area contributed by atoms with Gasteiger partial charge in [-0.1, -0.05) is 15.9 Å². The number of alkyl halides is 1. The highest BCUT2D eigenvalue weighted by molar-refractivity contribution is 9.10. The first-order chi connectivity index (χ1) is 7.59. The third-order valence-corrected chi connectivity index (χ3v) is 4.48. The van der Waals surface area contributed by atoms with Gasteiger partial charge in [0.05, 0.1) is 9.30 Å². The molecule has 0 fully saturated rings. The van der Waals surface area contributed by atoms with Crippen molar-refractivity contribution in [2.75, 3.05) is 0 Å². The normalized spacial score (nSPS) is 12.8. The van der Waals surface area contributed by atoms with Crippen LogP contribution in [0.4, 0.5) is 8.78 Å². The first-order valence-electron chi connectivity index (χ1n) is 4.40. The number of hydrogen-bond donors (Lipinski definition) is 0. The minimum atomic E-state index is -0.462. The van der Waals surface area contributed by atoms with Gasteiger partial charge >= 0.3 is 0 Å². The van der Waals surface area contributed by atoms with Crippen molar-refractivity contribution in [3.8, 4) is 0 Å². The third-order valence-electron chi connectivity index (χ3n) is 2.15. The average molecular weight is 368 g/mol. The van der Waals surface area contributed by atoms with E-state index in [9.17, 15) is 8.78 Å². The fourth-order valence-corrected chi connectivity index (χ4v) is 3.14. The molecular weight excluding hydrogens is 362 g/mol. The highest BCUT2D eigenvalue weighted by atomic mass is 79.9. The Morgan fingerprint density at radius 2 is 1.94 bits per heavy atom. The van der Waals surface area contributed by atoms with Crippen molar-refractivity contribution in [2.45, 2.75) is 4.83 Å². The second-order valence-electron chi connectivity index (χ2n) is 3.21. The predicted molar refractivity (Wildman–Crippen MR) is 69.1 cm³/mol. The highest BCUT2D eigenvalue weighted by Crippen LogP contribution is 2.35. The summed E-state index contributed by atoms with van der Waals surface area (Å²) in [7, 11) is 0. The van der Waals surface area contributed by atoms with Crippen LogP contribution < -0.4 is 0 Å². The Hall–Kier alpha value is -0.260. The lowest BCUT2D eigenvalue weighted by atomic mass is 10.1. The van der Waals surface area contributed by atoms with Gasteiger partial charge in [-0.05, 0) is 50.5 Å². The topological polar surface area (TPSA) is 0 Å². The lowest BCUT2D eigenvalue weighted by Crippen LogP contribution is -1.97. The summed E-state index contributed by atoms with van der Waals surface area (Å²) in [5, 5.41) is 3.80. The Balaban J connectivity index is 2.44. The van der Waals surface area contributed by atoms with E-state index in [2.05, 4.69) is 31.9 Å². The second kappa shape index (κ2) is 4.94. The largest absolute Gasteiger partial charge is 0.207 e. The van der Waals surface area contributed by atoms with E-state index in [1.807, 2.05) is 16.8 Å². The quantitative estimate of drug-likeness (QED) is 0.500. The van der Waals surface area contributed by atoms with E-state index in [-0.39, 0.29) is 9.30 Å². The van der Waals surface area contributed by atoms with E-state index in [0.717, 1.165) is 11.6 Å². The summed E-state index contributed by atoms with van der Waals surface area (Å²) in [5.74, 6) is -0.891. The number of thiophene rings is 1. The van der Waals surface area contributed by atoms with Gasteiger partial charge in [0, 0.05) is 5.56 Å². The summed E-state index contributed by atoms with van der Waals surface area (Å²) in [6.07, 6.45) is 0. The summed E-state index contributed by atoms with van der Waals surface area (Å²) in [5.41, 5.74) is 1.23. The van der Waals surface area contributed by atoms with Crippen molar-refractivity contribution >= 4 is 43.2 Å². The highest BCUT2D eigenvalue weighted by Gasteiger charge is 2.17. The molecule has 16 heavy (non-hydrogen) atoms. The smallest absolute Gasteiger partial charge is 0.137 e. The Labute approximate surface area is 113 Å². The molecule has 0 aliphatic heterocycles. The van der Waals surface area contributed by atoms with E-state index in [0.29, 0.717) is 5.56 Å². The van der Waals surface area contributed by atoms with Gasteiger partial charge in [-0.15, -0.1) is 0 Å². The molecule has 0 aliphatic carbocycles. The number of rotatable bonds is 2. The molecule has 0 amide bonds. The van der Waals surface area contributed by atoms with Crippen molar-refractivity contribution in [3.05, 3.63) is 56.2 Å². The molecule has 0 N–H and O–H groups in total. The number of benzene rings is 1. The summed E-state index contributed by atoms with van der Waals surface area (Å²) in [6.45, 7) is 0. The Morgan fingerprint density at radius 1 is 1.19 bits per heavy atom. The van der Waals surface area contributed by atoms with Gasteiger partial charge in [0.15, 0.2) is 0 Å². The molecule has 5 heteroatoms. The van der Waals surface area contributed by atoms with Gasteiger partial charge in [-0.25, -0.2) is 8.78 Å². The van der Waals surface area contributed by atoms with Crippen LogP contribution in [-0.4, -0.2) is 0 Å².